The van der Waals surface area contributed by atoms with E-state index in [1.165, 1.54) is 18.1 Å². The molecule has 0 saturated heterocycles. The zero-order valence-electron chi connectivity index (χ0n) is 16.9. The van der Waals surface area contributed by atoms with Gasteiger partial charge in [-0.3, -0.25) is 4.79 Å². The summed E-state index contributed by atoms with van der Waals surface area (Å²) in [7, 11) is 0. The zero-order valence-corrected chi connectivity index (χ0v) is 16.9. The summed E-state index contributed by atoms with van der Waals surface area (Å²) in [6.45, 7) is 14.1. The molecular formula is C22H34O4. The summed E-state index contributed by atoms with van der Waals surface area (Å²) in [6.07, 6.45) is 3.09. The molecule has 3 aliphatic rings. The van der Waals surface area contributed by atoms with Crippen molar-refractivity contribution in [2.24, 2.45) is 16.7 Å². The van der Waals surface area contributed by atoms with Gasteiger partial charge in [0.25, 0.3) is 0 Å². The molecule has 2 saturated carbocycles. The fraction of sp³-hybridized carbons (Fsp3) is 0.773. The van der Waals surface area contributed by atoms with E-state index in [1.54, 1.807) is 0 Å². The van der Waals surface area contributed by atoms with E-state index in [2.05, 4.69) is 27.4 Å². The lowest BCUT2D eigenvalue weighted by atomic mass is 9.56. The van der Waals surface area contributed by atoms with E-state index >= 15 is 0 Å². The number of carbonyl (C=O) groups is 1. The molecule has 3 rings (SSSR count). The van der Waals surface area contributed by atoms with Gasteiger partial charge in [0.2, 0.25) is 0 Å². The molecule has 146 valence electrons. The molecule has 0 aromatic rings. The Bertz CT molecular complexity index is 663. The molecule has 2 N–H and O–H groups in total. The highest BCUT2D eigenvalue weighted by Gasteiger charge is 2.63. The normalized spacial score (nSPS) is 43.2. The molecule has 0 aromatic heterocycles. The van der Waals surface area contributed by atoms with Gasteiger partial charge in [-0.15, -0.1) is 0 Å². The van der Waals surface area contributed by atoms with Crippen LogP contribution in [0.25, 0.3) is 0 Å². The second kappa shape index (κ2) is 6.20. The molecule has 0 bridgehead atoms. The molecule has 0 unspecified atom stereocenters. The van der Waals surface area contributed by atoms with E-state index in [9.17, 15) is 15.0 Å². The molecule has 0 aromatic carbocycles. The molecule has 4 heteroatoms. The van der Waals surface area contributed by atoms with Crippen molar-refractivity contribution in [1.82, 2.24) is 0 Å². The maximum Gasteiger partial charge on any atom is 0.303 e. The minimum absolute atomic E-state index is 0.244. The summed E-state index contributed by atoms with van der Waals surface area (Å²) in [5.74, 6) is 0.0682. The highest BCUT2D eigenvalue weighted by atomic mass is 16.5. The van der Waals surface area contributed by atoms with Crippen molar-refractivity contribution in [3.8, 4) is 0 Å². The number of allylic oxidation sites excluding steroid dienone is 1. The summed E-state index contributed by atoms with van der Waals surface area (Å²) < 4.78 is 5.82. The lowest BCUT2D eigenvalue weighted by molar-refractivity contribution is -0.161. The van der Waals surface area contributed by atoms with E-state index in [0.29, 0.717) is 31.6 Å². The van der Waals surface area contributed by atoms with Gasteiger partial charge in [0.05, 0.1) is 11.7 Å². The second-order valence-corrected chi connectivity index (χ2v) is 9.57. The average Bonchev–Trinajstić information content (AvgIpc) is 2.83. The minimum atomic E-state index is -1.15. The highest BCUT2D eigenvalue weighted by molar-refractivity contribution is 5.66. The van der Waals surface area contributed by atoms with E-state index in [-0.39, 0.29) is 11.4 Å². The van der Waals surface area contributed by atoms with Crippen LogP contribution in [0.4, 0.5) is 0 Å². The van der Waals surface area contributed by atoms with Crippen LogP contribution in [0.15, 0.2) is 23.3 Å². The molecular weight excluding hydrogens is 328 g/mol. The van der Waals surface area contributed by atoms with Gasteiger partial charge >= 0.3 is 5.97 Å². The topological polar surface area (TPSA) is 66.8 Å². The Morgan fingerprint density at radius 3 is 2.54 bits per heavy atom. The fourth-order valence-corrected chi connectivity index (χ4v) is 5.95. The Morgan fingerprint density at radius 1 is 1.31 bits per heavy atom. The van der Waals surface area contributed by atoms with Gasteiger partial charge in [-0.2, -0.15) is 0 Å². The molecule has 0 amide bonds. The molecule has 26 heavy (non-hydrogen) atoms. The number of hydrogen-bond donors (Lipinski definition) is 2. The lowest BCUT2D eigenvalue weighted by Crippen LogP contribution is -2.58. The molecule has 3 aliphatic carbocycles. The van der Waals surface area contributed by atoms with Gasteiger partial charge in [0, 0.05) is 12.3 Å². The number of carbonyl (C=O) groups excluding carboxylic acids is 1. The van der Waals surface area contributed by atoms with Crippen LogP contribution in [0, 0.1) is 16.7 Å². The molecule has 5 atom stereocenters. The average molecular weight is 363 g/mol. The van der Waals surface area contributed by atoms with Gasteiger partial charge in [0.15, 0.2) is 0 Å². The molecule has 0 heterocycles. The van der Waals surface area contributed by atoms with E-state index in [4.69, 9.17) is 4.74 Å². The van der Waals surface area contributed by atoms with Crippen molar-refractivity contribution in [3.05, 3.63) is 23.3 Å². The van der Waals surface area contributed by atoms with Gasteiger partial charge in [-0.25, -0.2) is 0 Å². The fourth-order valence-electron chi connectivity index (χ4n) is 5.95. The molecule has 4 nitrogen and oxygen atoms in total. The summed E-state index contributed by atoms with van der Waals surface area (Å²) >= 11 is 0. The predicted octanol–water partition coefficient (Wildman–Crippen LogP) is 3.91. The van der Waals surface area contributed by atoms with Crippen molar-refractivity contribution < 1.29 is 19.7 Å². The van der Waals surface area contributed by atoms with Gasteiger partial charge in [-0.1, -0.05) is 39.8 Å². The Morgan fingerprint density at radius 2 is 1.96 bits per heavy atom. The Hall–Kier alpha value is -1.13. The van der Waals surface area contributed by atoms with Crippen LogP contribution in [0.1, 0.15) is 73.1 Å². The van der Waals surface area contributed by atoms with Gasteiger partial charge < -0.3 is 14.9 Å². The third-order valence-electron chi connectivity index (χ3n) is 7.51. The summed E-state index contributed by atoms with van der Waals surface area (Å²) in [5.41, 5.74) is 1.19. The molecule has 0 radical (unpaired) electrons. The van der Waals surface area contributed by atoms with Crippen LogP contribution in [0.3, 0.4) is 0 Å². The van der Waals surface area contributed by atoms with Gasteiger partial charge in [0.1, 0.15) is 6.10 Å². The van der Waals surface area contributed by atoms with Crippen molar-refractivity contribution in [2.45, 2.75) is 91.0 Å². The maximum atomic E-state index is 11.9. The first-order chi connectivity index (χ1) is 11.9. The predicted molar refractivity (Wildman–Crippen MR) is 101 cm³/mol. The highest BCUT2D eigenvalue weighted by Crippen LogP contribution is 2.63. The van der Waals surface area contributed by atoms with Gasteiger partial charge in [-0.05, 0) is 61.0 Å². The first-order valence-electron chi connectivity index (χ1n) is 9.94. The second-order valence-electron chi connectivity index (χ2n) is 9.57. The number of fused-ring (bicyclic) bond motifs is 2. The minimum Gasteiger partial charge on any atom is -0.458 e. The van der Waals surface area contributed by atoms with E-state index in [1.807, 2.05) is 6.92 Å². The van der Waals surface area contributed by atoms with Crippen LogP contribution in [-0.2, 0) is 9.53 Å². The summed E-state index contributed by atoms with van der Waals surface area (Å²) in [4.78, 5) is 11.9. The number of rotatable bonds is 2. The quantitative estimate of drug-likeness (QED) is 0.577. The largest absolute Gasteiger partial charge is 0.458 e. The Balaban J connectivity index is 2.20. The zero-order chi connectivity index (χ0) is 19.5. The van der Waals surface area contributed by atoms with Crippen LogP contribution >= 0.6 is 0 Å². The Labute approximate surface area is 157 Å². The first-order valence-corrected chi connectivity index (χ1v) is 9.94. The molecule has 0 aliphatic heterocycles. The van der Waals surface area contributed by atoms with Crippen LogP contribution < -0.4 is 0 Å². The monoisotopic (exact) mass is 362 g/mol. The van der Waals surface area contributed by atoms with Crippen molar-refractivity contribution in [3.63, 3.8) is 0 Å². The number of aliphatic hydroxyl groups excluding tert-OH is 1. The standard InChI is InChI=1S/C22H34O4/c1-13(2)16-9-10-20(5)12-22(25)14(3)7-8-18(24)21(22,6)11-17(19(16)20)26-15(4)23/h13,17-18,24-25H,3,7-12H2,1-2,4-6H3/t17-,18-,20-,21-,22+/m1/s1. The van der Waals surface area contributed by atoms with E-state index in [0.717, 1.165) is 18.4 Å². The van der Waals surface area contributed by atoms with Crippen molar-refractivity contribution >= 4 is 5.97 Å². The number of aliphatic hydroxyl groups is 2. The van der Waals surface area contributed by atoms with Crippen molar-refractivity contribution in [2.75, 3.05) is 0 Å². The van der Waals surface area contributed by atoms with Crippen LogP contribution in [0.5, 0.6) is 0 Å². The van der Waals surface area contributed by atoms with Crippen molar-refractivity contribution in [1.29, 1.82) is 0 Å². The molecule has 0 spiro atoms. The smallest absolute Gasteiger partial charge is 0.303 e. The number of ether oxygens (including phenoxy) is 1. The Kier molecular flexibility index (Phi) is 4.68. The number of esters is 1. The number of hydrogen-bond acceptors (Lipinski definition) is 4. The van der Waals surface area contributed by atoms with Crippen LogP contribution in [0.2, 0.25) is 0 Å². The first kappa shape index (κ1) is 19.6. The summed E-state index contributed by atoms with van der Waals surface area (Å²) in [6, 6.07) is 0. The summed E-state index contributed by atoms with van der Waals surface area (Å²) in [5, 5.41) is 22.7. The lowest BCUT2D eigenvalue weighted by Gasteiger charge is -2.53. The van der Waals surface area contributed by atoms with Crippen LogP contribution in [-0.4, -0.2) is 34.0 Å². The maximum absolute atomic E-state index is 11.9. The third kappa shape index (κ3) is 2.68. The SMILES string of the molecule is C=C1CC[C@@H](O)[C@@]2(C)C[C@@H](OC(C)=O)C3=C(C(C)C)CC[C@]3(C)C[C@]12O. The molecule has 2 fully saturated rings. The third-order valence-corrected chi connectivity index (χ3v) is 7.51. The van der Waals surface area contributed by atoms with E-state index < -0.39 is 23.2 Å².